The highest BCUT2D eigenvalue weighted by molar-refractivity contribution is 5.73. The fourth-order valence-corrected chi connectivity index (χ4v) is 3.06. The summed E-state index contributed by atoms with van der Waals surface area (Å²) in [5.74, 6) is -0.382. The Morgan fingerprint density at radius 2 is 2.15 bits per heavy atom. The van der Waals surface area contributed by atoms with Crippen molar-refractivity contribution in [3.8, 4) is 0 Å². The van der Waals surface area contributed by atoms with E-state index in [2.05, 4.69) is 4.90 Å². The average molecular weight is 279 g/mol. The van der Waals surface area contributed by atoms with E-state index in [0.29, 0.717) is 12.3 Å². The Labute approximate surface area is 119 Å². The molecule has 0 spiro atoms. The summed E-state index contributed by atoms with van der Waals surface area (Å²) in [5.41, 5.74) is 1.04. The summed E-state index contributed by atoms with van der Waals surface area (Å²) in [4.78, 5) is 13.2. The van der Waals surface area contributed by atoms with Gasteiger partial charge in [0.1, 0.15) is 11.9 Å². The quantitative estimate of drug-likeness (QED) is 0.901. The van der Waals surface area contributed by atoms with Crippen LogP contribution in [0.3, 0.4) is 0 Å². The van der Waals surface area contributed by atoms with E-state index in [1.807, 2.05) is 13.0 Å². The van der Waals surface area contributed by atoms with Crippen molar-refractivity contribution in [2.24, 2.45) is 5.92 Å². The number of carboxylic acids is 1. The number of rotatable bonds is 5. The van der Waals surface area contributed by atoms with Gasteiger partial charge in [-0.2, -0.15) is 0 Å². The topological polar surface area (TPSA) is 40.5 Å². The molecule has 1 heterocycles. The SMILES string of the molecule is CCC(C(=O)O)N1CCC(Cc2cccc(F)c2)CC1. The number of carboxylic acid groups (broad SMARTS) is 1. The normalized spacial score (nSPS) is 18.9. The van der Waals surface area contributed by atoms with E-state index in [1.54, 1.807) is 12.1 Å². The van der Waals surface area contributed by atoms with Crippen LogP contribution in [0.4, 0.5) is 4.39 Å². The van der Waals surface area contributed by atoms with E-state index < -0.39 is 5.97 Å². The van der Waals surface area contributed by atoms with Crippen molar-refractivity contribution in [3.05, 3.63) is 35.6 Å². The molecule has 1 atom stereocenters. The molecular formula is C16H22FNO2. The molecule has 20 heavy (non-hydrogen) atoms. The van der Waals surface area contributed by atoms with Crippen LogP contribution < -0.4 is 0 Å². The Balaban J connectivity index is 1.86. The minimum atomic E-state index is -0.726. The predicted octanol–water partition coefficient (Wildman–Crippen LogP) is 2.94. The van der Waals surface area contributed by atoms with Gasteiger partial charge in [-0.25, -0.2) is 4.39 Å². The van der Waals surface area contributed by atoms with Crippen molar-refractivity contribution in [1.29, 1.82) is 0 Å². The van der Waals surface area contributed by atoms with E-state index in [4.69, 9.17) is 0 Å². The largest absolute Gasteiger partial charge is 0.480 e. The molecule has 0 radical (unpaired) electrons. The molecule has 1 aromatic carbocycles. The van der Waals surface area contributed by atoms with Gasteiger partial charge in [0, 0.05) is 0 Å². The Morgan fingerprint density at radius 3 is 2.70 bits per heavy atom. The Hall–Kier alpha value is -1.42. The van der Waals surface area contributed by atoms with Crippen LogP contribution in [0, 0.1) is 11.7 Å². The van der Waals surface area contributed by atoms with E-state index in [1.165, 1.54) is 6.07 Å². The zero-order valence-electron chi connectivity index (χ0n) is 11.9. The van der Waals surface area contributed by atoms with Gasteiger partial charge < -0.3 is 5.11 Å². The van der Waals surface area contributed by atoms with Crippen LogP contribution in [-0.4, -0.2) is 35.1 Å². The standard InChI is InChI=1S/C16H22FNO2/c1-2-15(16(19)20)18-8-6-12(7-9-18)10-13-4-3-5-14(17)11-13/h3-5,11-12,15H,2,6-10H2,1H3,(H,19,20). The van der Waals surface area contributed by atoms with E-state index >= 15 is 0 Å². The summed E-state index contributed by atoms with van der Waals surface area (Å²) >= 11 is 0. The van der Waals surface area contributed by atoms with Crippen molar-refractivity contribution in [3.63, 3.8) is 0 Å². The zero-order chi connectivity index (χ0) is 14.5. The minimum absolute atomic E-state index is 0.183. The van der Waals surface area contributed by atoms with Crippen LogP contribution in [0.2, 0.25) is 0 Å². The first-order valence-corrected chi connectivity index (χ1v) is 7.31. The first-order chi connectivity index (χ1) is 9.60. The summed E-state index contributed by atoms with van der Waals surface area (Å²) in [6.45, 7) is 3.56. The predicted molar refractivity (Wildman–Crippen MR) is 76.1 cm³/mol. The molecule has 1 unspecified atom stereocenters. The highest BCUT2D eigenvalue weighted by Crippen LogP contribution is 2.24. The Kier molecular flexibility index (Phi) is 5.12. The molecule has 3 nitrogen and oxygen atoms in total. The summed E-state index contributed by atoms with van der Waals surface area (Å²) in [7, 11) is 0. The van der Waals surface area contributed by atoms with Crippen molar-refractivity contribution >= 4 is 5.97 Å². The summed E-state index contributed by atoms with van der Waals surface area (Å²) in [6.07, 6.45) is 3.50. The maximum absolute atomic E-state index is 13.2. The minimum Gasteiger partial charge on any atom is -0.480 e. The molecule has 2 rings (SSSR count). The molecule has 0 saturated carbocycles. The van der Waals surface area contributed by atoms with Gasteiger partial charge >= 0.3 is 5.97 Å². The first kappa shape index (κ1) is 15.0. The molecule has 0 aromatic heterocycles. The van der Waals surface area contributed by atoms with Gasteiger partial charge in [0.25, 0.3) is 0 Å². The second kappa shape index (κ2) is 6.84. The highest BCUT2D eigenvalue weighted by atomic mass is 19.1. The van der Waals surface area contributed by atoms with Crippen LogP contribution in [0.15, 0.2) is 24.3 Å². The maximum atomic E-state index is 13.2. The van der Waals surface area contributed by atoms with Gasteiger partial charge in [-0.05, 0) is 62.4 Å². The number of nitrogens with zero attached hydrogens (tertiary/aromatic N) is 1. The molecular weight excluding hydrogens is 257 g/mol. The van der Waals surface area contributed by atoms with Gasteiger partial charge in [0.15, 0.2) is 0 Å². The van der Waals surface area contributed by atoms with Crippen LogP contribution in [0.5, 0.6) is 0 Å². The first-order valence-electron chi connectivity index (χ1n) is 7.31. The van der Waals surface area contributed by atoms with Gasteiger partial charge in [0.2, 0.25) is 0 Å². The molecule has 0 bridgehead atoms. The molecule has 0 aliphatic carbocycles. The molecule has 1 N–H and O–H groups in total. The van der Waals surface area contributed by atoms with E-state index in [0.717, 1.165) is 37.9 Å². The summed E-state index contributed by atoms with van der Waals surface area (Å²) < 4.78 is 13.2. The van der Waals surface area contributed by atoms with Crippen molar-refractivity contribution in [2.45, 2.75) is 38.6 Å². The molecule has 1 aliphatic heterocycles. The van der Waals surface area contributed by atoms with Gasteiger partial charge in [0.05, 0.1) is 0 Å². The number of hydrogen-bond acceptors (Lipinski definition) is 2. The molecule has 0 amide bonds. The van der Waals surface area contributed by atoms with Crippen molar-refractivity contribution in [1.82, 2.24) is 4.90 Å². The smallest absolute Gasteiger partial charge is 0.320 e. The van der Waals surface area contributed by atoms with Crippen LogP contribution in [0.25, 0.3) is 0 Å². The lowest BCUT2D eigenvalue weighted by Gasteiger charge is -2.35. The Morgan fingerprint density at radius 1 is 1.45 bits per heavy atom. The zero-order valence-corrected chi connectivity index (χ0v) is 11.9. The number of likely N-dealkylation sites (tertiary alicyclic amines) is 1. The number of piperidine rings is 1. The number of halogens is 1. The second-order valence-corrected chi connectivity index (χ2v) is 5.58. The van der Waals surface area contributed by atoms with E-state index in [-0.39, 0.29) is 11.9 Å². The number of carbonyl (C=O) groups is 1. The second-order valence-electron chi connectivity index (χ2n) is 5.58. The third-order valence-electron chi connectivity index (χ3n) is 4.18. The van der Waals surface area contributed by atoms with Crippen LogP contribution in [0.1, 0.15) is 31.7 Å². The van der Waals surface area contributed by atoms with Gasteiger partial charge in [-0.3, -0.25) is 9.69 Å². The fourth-order valence-electron chi connectivity index (χ4n) is 3.06. The van der Waals surface area contributed by atoms with Gasteiger partial charge in [-0.1, -0.05) is 19.1 Å². The Bertz CT molecular complexity index is 456. The van der Waals surface area contributed by atoms with Crippen molar-refractivity contribution < 1.29 is 14.3 Å². The highest BCUT2D eigenvalue weighted by Gasteiger charge is 2.28. The van der Waals surface area contributed by atoms with Crippen molar-refractivity contribution in [2.75, 3.05) is 13.1 Å². The lowest BCUT2D eigenvalue weighted by molar-refractivity contribution is -0.144. The third kappa shape index (κ3) is 3.79. The molecule has 1 fully saturated rings. The van der Waals surface area contributed by atoms with E-state index in [9.17, 15) is 14.3 Å². The number of aliphatic carboxylic acids is 1. The monoisotopic (exact) mass is 279 g/mol. The fraction of sp³-hybridized carbons (Fsp3) is 0.562. The molecule has 110 valence electrons. The molecule has 1 aliphatic rings. The maximum Gasteiger partial charge on any atom is 0.320 e. The van der Waals surface area contributed by atoms with Crippen LogP contribution in [-0.2, 0) is 11.2 Å². The lowest BCUT2D eigenvalue weighted by atomic mass is 9.89. The lowest BCUT2D eigenvalue weighted by Crippen LogP contribution is -2.45. The van der Waals surface area contributed by atoms with Crippen LogP contribution >= 0.6 is 0 Å². The molecule has 1 saturated heterocycles. The average Bonchev–Trinajstić information content (AvgIpc) is 2.41. The third-order valence-corrected chi connectivity index (χ3v) is 4.18. The number of hydrogen-bond donors (Lipinski definition) is 1. The van der Waals surface area contributed by atoms with Gasteiger partial charge in [-0.15, -0.1) is 0 Å². The summed E-state index contributed by atoms with van der Waals surface area (Å²) in [5, 5.41) is 9.17. The summed E-state index contributed by atoms with van der Waals surface area (Å²) in [6, 6.07) is 6.41. The molecule has 1 aromatic rings. The number of benzene rings is 1. The molecule has 4 heteroatoms.